The molecule has 1 aromatic carbocycles. The third-order valence-electron chi connectivity index (χ3n) is 2.93. The average molecular weight is 258 g/mol. The van der Waals surface area contributed by atoms with Crippen LogP contribution in [-0.2, 0) is 6.42 Å². The maximum absolute atomic E-state index is 5.92. The van der Waals surface area contributed by atoms with Crippen molar-refractivity contribution in [3.05, 3.63) is 64.6 Å². The number of nitrogens with zero attached hydrogens (tertiary/aromatic N) is 3. The van der Waals surface area contributed by atoms with Crippen molar-refractivity contribution in [2.24, 2.45) is 0 Å². The van der Waals surface area contributed by atoms with E-state index >= 15 is 0 Å². The van der Waals surface area contributed by atoms with E-state index in [1.165, 1.54) is 11.1 Å². The van der Waals surface area contributed by atoms with E-state index in [1.54, 1.807) is 0 Å². The van der Waals surface area contributed by atoms with Crippen LogP contribution >= 0.6 is 11.6 Å². The molecule has 2 heterocycles. The van der Waals surface area contributed by atoms with E-state index in [9.17, 15) is 0 Å². The number of halogens is 1. The number of benzene rings is 1. The summed E-state index contributed by atoms with van der Waals surface area (Å²) in [6.07, 6.45) is 2.67. The summed E-state index contributed by atoms with van der Waals surface area (Å²) in [6, 6.07) is 12.1. The number of fused-ring (bicyclic) bond motifs is 1. The Balaban J connectivity index is 1.97. The van der Waals surface area contributed by atoms with Gasteiger partial charge >= 0.3 is 0 Å². The molecule has 0 atom stereocenters. The van der Waals surface area contributed by atoms with Crippen molar-refractivity contribution < 1.29 is 0 Å². The molecule has 0 bridgehead atoms. The molecule has 18 heavy (non-hydrogen) atoms. The van der Waals surface area contributed by atoms with Crippen molar-refractivity contribution >= 4 is 17.2 Å². The summed E-state index contributed by atoms with van der Waals surface area (Å²) < 4.78 is 1.96. The first kappa shape index (κ1) is 11.2. The molecule has 0 N–H and O–H groups in total. The largest absolute Gasteiger partial charge is 0.286 e. The molecule has 3 rings (SSSR count). The Morgan fingerprint density at radius 2 is 1.89 bits per heavy atom. The Bertz CT molecular complexity index is 686. The Kier molecular flexibility index (Phi) is 2.76. The van der Waals surface area contributed by atoms with E-state index in [0.717, 1.165) is 17.9 Å². The summed E-state index contributed by atoms with van der Waals surface area (Å²) in [4.78, 5) is 0. The van der Waals surface area contributed by atoms with Crippen LogP contribution in [0.4, 0.5) is 0 Å². The van der Waals surface area contributed by atoms with Crippen LogP contribution in [0.5, 0.6) is 0 Å². The summed E-state index contributed by atoms with van der Waals surface area (Å²) >= 11 is 5.92. The number of hydrogen-bond donors (Lipinski definition) is 0. The molecule has 0 saturated heterocycles. The van der Waals surface area contributed by atoms with Crippen LogP contribution < -0.4 is 0 Å². The monoisotopic (exact) mass is 257 g/mol. The van der Waals surface area contributed by atoms with Crippen molar-refractivity contribution in [1.82, 2.24) is 14.6 Å². The molecule has 0 unspecified atom stereocenters. The lowest BCUT2D eigenvalue weighted by Gasteiger charge is -2.01. The lowest BCUT2D eigenvalue weighted by Crippen LogP contribution is -1.96. The normalized spacial score (nSPS) is 11.0. The highest BCUT2D eigenvalue weighted by molar-refractivity contribution is 6.30. The van der Waals surface area contributed by atoms with Gasteiger partial charge in [0, 0.05) is 23.7 Å². The molecule has 0 amide bonds. The SMILES string of the molecule is Cc1ccc(Cc2nnc3cc(Cl)ccn23)cc1. The highest BCUT2D eigenvalue weighted by atomic mass is 35.5. The second kappa shape index (κ2) is 4.42. The standard InChI is InChI=1S/C14H12ClN3/c1-10-2-4-11(5-3-10)8-13-16-17-14-9-12(15)6-7-18(13)14/h2-7,9H,8H2,1H3. The Hall–Kier alpha value is -1.87. The van der Waals surface area contributed by atoms with Gasteiger partial charge < -0.3 is 0 Å². The number of pyridine rings is 1. The van der Waals surface area contributed by atoms with Crippen molar-refractivity contribution in [3.8, 4) is 0 Å². The maximum Gasteiger partial charge on any atom is 0.162 e. The van der Waals surface area contributed by atoms with Crippen LogP contribution in [0.15, 0.2) is 42.6 Å². The van der Waals surface area contributed by atoms with Crippen LogP contribution in [0.3, 0.4) is 0 Å². The number of aromatic nitrogens is 3. The number of aryl methyl sites for hydroxylation is 1. The zero-order valence-corrected chi connectivity index (χ0v) is 10.7. The van der Waals surface area contributed by atoms with Gasteiger partial charge in [-0.3, -0.25) is 4.40 Å². The molecule has 3 nitrogen and oxygen atoms in total. The molecule has 4 heteroatoms. The topological polar surface area (TPSA) is 30.2 Å². The minimum atomic E-state index is 0.678. The molecule has 0 radical (unpaired) electrons. The zero-order valence-electron chi connectivity index (χ0n) is 9.97. The van der Waals surface area contributed by atoms with E-state index in [2.05, 4.69) is 41.4 Å². The molecular formula is C14H12ClN3. The minimum absolute atomic E-state index is 0.678. The lowest BCUT2D eigenvalue weighted by molar-refractivity contribution is 0.934. The third-order valence-corrected chi connectivity index (χ3v) is 3.16. The van der Waals surface area contributed by atoms with E-state index in [4.69, 9.17) is 11.6 Å². The minimum Gasteiger partial charge on any atom is -0.286 e. The third kappa shape index (κ3) is 2.09. The van der Waals surface area contributed by atoms with Gasteiger partial charge in [0.05, 0.1) is 0 Å². The first-order valence-electron chi connectivity index (χ1n) is 5.77. The fourth-order valence-corrected chi connectivity index (χ4v) is 2.08. The highest BCUT2D eigenvalue weighted by Crippen LogP contribution is 2.14. The van der Waals surface area contributed by atoms with Gasteiger partial charge in [-0.1, -0.05) is 41.4 Å². The van der Waals surface area contributed by atoms with Crippen molar-refractivity contribution in [2.45, 2.75) is 13.3 Å². The van der Waals surface area contributed by atoms with Gasteiger partial charge in [0.25, 0.3) is 0 Å². The molecule has 0 aliphatic heterocycles. The molecular weight excluding hydrogens is 246 g/mol. The molecule has 0 fully saturated rings. The smallest absolute Gasteiger partial charge is 0.162 e. The highest BCUT2D eigenvalue weighted by Gasteiger charge is 2.06. The molecule has 90 valence electrons. The van der Waals surface area contributed by atoms with Crippen LogP contribution in [0.2, 0.25) is 5.02 Å². The molecule has 3 aromatic rings. The fourth-order valence-electron chi connectivity index (χ4n) is 1.92. The van der Waals surface area contributed by atoms with Gasteiger partial charge in [0.15, 0.2) is 5.65 Å². The molecule has 0 spiro atoms. The van der Waals surface area contributed by atoms with Gasteiger partial charge in [-0.2, -0.15) is 0 Å². The summed E-state index contributed by atoms with van der Waals surface area (Å²) in [5, 5.41) is 9.01. The van der Waals surface area contributed by atoms with Gasteiger partial charge in [0.2, 0.25) is 0 Å². The van der Waals surface area contributed by atoms with Gasteiger partial charge in [0.1, 0.15) is 5.82 Å². The summed E-state index contributed by atoms with van der Waals surface area (Å²) in [6.45, 7) is 2.08. The lowest BCUT2D eigenvalue weighted by atomic mass is 10.1. The van der Waals surface area contributed by atoms with E-state index in [-0.39, 0.29) is 0 Å². The second-order valence-electron chi connectivity index (χ2n) is 4.35. The Morgan fingerprint density at radius 3 is 2.67 bits per heavy atom. The predicted octanol–water partition coefficient (Wildman–Crippen LogP) is 3.28. The second-order valence-corrected chi connectivity index (χ2v) is 4.79. The Morgan fingerprint density at radius 1 is 1.11 bits per heavy atom. The van der Waals surface area contributed by atoms with Gasteiger partial charge in [-0.15, -0.1) is 10.2 Å². The average Bonchev–Trinajstić information content (AvgIpc) is 2.74. The van der Waals surface area contributed by atoms with Crippen LogP contribution in [-0.4, -0.2) is 14.6 Å². The van der Waals surface area contributed by atoms with Crippen molar-refractivity contribution in [1.29, 1.82) is 0 Å². The van der Waals surface area contributed by atoms with Crippen molar-refractivity contribution in [2.75, 3.05) is 0 Å². The predicted molar refractivity (Wildman–Crippen MR) is 72.0 cm³/mol. The maximum atomic E-state index is 5.92. The summed E-state index contributed by atoms with van der Waals surface area (Å²) in [5.41, 5.74) is 3.27. The van der Waals surface area contributed by atoms with Crippen molar-refractivity contribution in [3.63, 3.8) is 0 Å². The summed E-state index contributed by atoms with van der Waals surface area (Å²) in [5.74, 6) is 0.922. The number of rotatable bonds is 2. The first-order valence-corrected chi connectivity index (χ1v) is 6.15. The molecule has 0 aliphatic rings. The Labute approximate surface area is 110 Å². The zero-order chi connectivity index (χ0) is 12.5. The van der Waals surface area contributed by atoms with E-state index in [1.807, 2.05) is 22.7 Å². The van der Waals surface area contributed by atoms with Crippen LogP contribution in [0, 0.1) is 6.92 Å². The van der Waals surface area contributed by atoms with Gasteiger partial charge in [-0.05, 0) is 18.6 Å². The number of hydrogen-bond acceptors (Lipinski definition) is 2. The van der Waals surface area contributed by atoms with Crippen LogP contribution in [0.25, 0.3) is 5.65 Å². The molecule has 0 saturated carbocycles. The summed E-state index contributed by atoms with van der Waals surface area (Å²) in [7, 11) is 0. The van der Waals surface area contributed by atoms with Crippen LogP contribution in [0.1, 0.15) is 17.0 Å². The van der Waals surface area contributed by atoms with E-state index < -0.39 is 0 Å². The quantitative estimate of drug-likeness (QED) is 0.705. The molecule has 2 aromatic heterocycles. The first-order chi connectivity index (χ1) is 8.72. The van der Waals surface area contributed by atoms with E-state index in [0.29, 0.717) is 5.02 Å². The molecule has 0 aliphatic carbocycles. The fraction of sp³-hybridized carbons (Fsp3) is 0.143. The van der Waals surface area contributed by atoms with Gasteiger partial charge in [-0.25, -0.2) is 0 Å².